The molecule has 0 radical (unpaired) electrons. The minimum Gasteiger partial charge on any atom is -0.394 e. The maximum atomic E-state index is 10.4. The molecule has 0 saturated carbocycles. The van der Waals surface area contributed by atoms with E-state index in [1.165, 1.54) is 58.5 Å². The van der Waals surface area contributed by atoms with Crippen LogP contribution < -0.4 is 11.1 Å². The van der Waals surface area contributed by atoms with Gasteiger partial charge in [0, 0.05) is 7.11 Å². The second-order valence-corrected chi connectivity index (χ2v) is 9.53. The Hall–Kier alpha value is -1.52. The molecule has 0 aromatic heterocycles. The van der Waals surface area contributed by atoms with E-state index in [1.807, 2.05) is 11.8 Å². The lowest BCUT2D eigenvalue weighted by molar-refractivity contribution is -0.0766. The number of methoxy groups -OCH3 is 1. The van der Waals surface area contributed by atoms with Crippen molar-refractivity contribution in [2.75, 3.05) is 20.4 Å². The molecule has 1 unspecified atom stereocenters. The molecule has 5 N–H and O–H groups in total. The van der Waals surface area contributed by atoms with E-state index in [2.05, 4.69) is 23.3 Å². The van der Waals surface area contributed by atoms with E-state index in [4.69, 9.17) is 20.2 Å². The van der Waals surface area contributed by atoms with Crippen LogP contribution >= 0.6 is 0 Å². The number of nitrogens with zero attached hydrogens (tertiary/aromatic N) is 3. The van der Waals surface area contributed by atoms with E-state index >= 15 is 0 Å². The van der Waals surface area contributed by atoms with Gasteiger partial charge in [0.2, 0.25) is 0 Å². The number of allylic oxidation sites excluding steroid dienone is 1. The molecule has 3 aliphatic heterocycles. The van der Waals surface area contributed by atoms with Crippen LogP contribution in [0.2, 0.25) is 0 Å². The molecular weight excluding hydrogens is 422 g/mol. The van der Waals surface area contributed by atoms with Gasteiger partial charge in [-0.2, -0.15) is 0 Å². The predicted octanol–water partition coefficient (Wildman–Crippen LogP) is 2.23. The van der Waals surface area contributed by atoms with E-state index in [-0.39, 0.29) is 6.61 Å². The van der Waals surface area contributed by atoms with Crippen molar-refractivity contribution < 1.29 is 19.7 Å². The Morgan fingerprint density at radius 3 is 2.52 bits per heavy atom. The summed E-state index contributed by atoms with van der Waals surface area (Å²) in [5.74, 6) is 1.36. The Kier molecular flexibility index (Phi) is 9.69. The van der Waals surface area contributed by atoms with Gasteiger partial charge in [0.25, 0.3) is 0 Å². The summed E-state index contributed by atoms with van der Waals surface area (Å²) in [4.78, 5) is 11.2. The topological polar surface area (TPSA) is 125 Å². The number of aliphatic imine (C=N–C) groups is 2. The summed E-state index contributed by atoms with van der Waals surface area (Å²) < 4.78 is 11.4. The number of aliphatic hydroxyl groups is 2. The molecular formula is C24H43N5O4. The Morgan fingerprint density at radius 2 is 1.88 bits per heavy atom. The summed E-state index contributed by atoms with van der Waals surface area (Å²) in [7, 11) is 1.52. The molecule has 3 heterocycles. The number of nitrogens with one attached hydrogen (secondary N) is 1. The van der Waals surface area contributed by atoms with E-state index in [0.29, 0.717) is 18.2 Å². The van der Waals surface area contributed by atoms with Crippen LogP contribution in [-0.4, -0.2) is 77.2 Å². The van der Waals surface area contributed by atoms with Crippen LogP contribution in [0.1, 0.15) is 78.1 Å². The van der Waals surface area contributed by atoms with Crippen LogP contribution in [0, 0.1) is 0 Å². The lowest BCUT2D eigenvalue weighted by Gasteiger charge is -2.36. The van der Waals surface area contributed by atoms with Crippen LogP contribution in [0.4, 0.5) is 0 Å². The van der Waals surface area contributed by atoms with Crippen LogP contribution in [-0.2, 0) is 9.47 Å². The highest BCUT2D eigenvalue weighted by Crippen LogP contribution is 2.30. The van der Waals surface area contributed by atoms with Crippen molar-refractivity contribution in [2.45, 2.75) is 108 Å². The molecule has 0 bridgehead atoms. The normalized spacial score (nSPS) is 32.7. The Bertz CT molecular complexity index is 724. The SMILES string of the molecule is CCCCCCCCCCCC=C1N=C2C(=NCN2[C@@H]2O[C@H](CO)[C@@H](O)[C@H]2OC)C(C)(N)N1. The highest BCUT2D eigenvalue weighted by Gasteiger charge is 2.51. The van der Waals surface area contributed by atoms with Crippen molar-refractivity contribution in [3.63, 3.8) is 0 Å². The zero-order chi connectivity index (χ0) is 23.8. The maximum absolute atomic E-state index is 10.4. The molecule has 0 spiro atoms. The summed E-state index contributed by atoms with van der Waals surface area (Å²) in [5, 5.41) is 23.3. The van der Waals surface area contributed by atoms with Gasteiger partial charge in [-0.25, -0.2) is 4.99 Å². The van der Waals surface area contributed by atoms with E-state index in [0.717, 1.165) is 18.7 Å². The average molecular weight is 466 g/mol. The number of hydrogen-bond donors (Lipinski definition) is 4. The smallest absolute Gasteiger partial charge is 0.162 e. The fourth-order valence-corrected chi connectivity index (χ4v) is 4.77. The quantitative estimate of drug-likeness (QED) is 0.307. The van der Waals surface area contributed by atoms with Gasteiger partial charge in [0.1, 0.15) is 42.2 Å². The van der Waals surface area contributed by atoms with Gasteiger partial charge in [0.05, 0.1) is 6.61 Å². The Balaban J connectivity index is 1.57. The third-order valence-electron chi connectivity index (χ3n) is 6.69. The molecule has 1 saturated heterocycles. The highest BCUT2D eigenvalue weighted by molar-refractivity contribution is 6.46. The largest absolute Gasteiger partial charge is 0.394 e. The maximum Gasteiger partial charge on any atom is 0.162 e. The molecule has 188 valence electrons. The molecule has 5 atom stereocenters. The van der Waals surface area contributed by atoms with Crippen molar-refractivity contribution in [1.82, 2.24) is 10.2 Å². The standard InChI is InChI=1S/C24H43N5O4/c1-4-5-6-7-8-9-10-11-12-13-14-18-27-22-21(24(2,25)28-18)26-16-29(22)23-20(32-3)19(31)17(15-30)33-23/h14,17,19-20,23,28,30-31H,4-13,15-16,25H2,1-3H3/t17-,19-,20-,23-,24?/m1/s1. The number of rotatable bonds is 13. The summed E-state index contributed by atoms with van der Waals surface area (Å²) in [6.45, 7) is 4.15. The van der Waals surface area contributed by atoms with Crippen molar-refractivity contribution in [1.29, 1.82) is 0 Å². The number of aliphatic hydroxyl groups excluding tert-OH is 2. The minimum absolute atomic E-state index is 0.286. The summed E-state index contributed by atoms with van der Waals surface area (Å²) in [6.07, 6.45) is 11.8. The fourth-order valence-electron chi connectivity index (χ4n) is 4.77. The van der Waals surface area contributed by atoms with Crippen LogP contribution in [0.15, 0.2) is 21.9 Å². The molecule has 1 fully saturated rings. The number of fused-ring (bicyclic) bond motifs is 1. The Labute approximate surface area is 198 Å². The van der Waals surface area contributed by atoms with E-state index in [1.54, 1.807) is 0 Å². The summed E-state index contributed by atoms with van der Waals surface area (Å²) in [5.41, 5.74) is 6.33. The molecule has 0 aromatic rings. The minimum atomic E-state index is -0.928. The Morgan fingerprint density at radius 1 is 1.21 bits per heavy atom. The lowest BCUT2D eigenvalue weighted by Crippen LogP contribution is -2.63. The number of hydrogen-bond acceptors (Lipinski definition) is 9. The van der Waals surface area contributed by atoms with Gasteiger partial charge < -0.3 is 35.6 Å². The molecule has 9 nitrogen and oxygen atoms in total. The first kappa shape index (κ1) is 26.1. The molecule has 0 aromatic carbocycles. The van der Waals surface area contributed by atoms with Gasteiger partial charge >= 0.3 is 0 Å². The third-order valence-corrected chi connectivity index (χ3v) is 6.69. The lowest BCUT2D eigenvalue weighted by atomic mass is 10.0. The number of unbranched alkanes of at least 4 members (excludes halogenated alkanes) is 9. The van der Waals surface area contributed by atoms with Crippen LogP contribution in [0.25, 0.3) is 0 Å². The first-order chi connectivity index (χ1) is 15.9. The third kappa shape index (κ3) is 6.33. The predicted molar refractivity (Wildman–Crippen MR) is 130 cm³/mol. The number of ether oxygens (including phenoxy) is 2. The molecule has 0 aliphatic carbocycles. The zero-order valence-corrected chi connectivity index (χ0v) is 20.5. The zero-order valence-electron chi connectivity index (χ0n) is 20.5. The molecule has 3 rings (SSSR count). The highest BCUT2D eigenvalue weighted by atomic mass is 16.6. The molecule has 3 aliphatic rings. The second-order valence-electron chi connectivity index (χ2n) is 9.53. The van der Waals surface area contributed by atoms with Crippen molar-refractivity contribution in [3.05, 3.63) is 11.9 Å². The second kappa shape index (κ2) is 12.3. The molecule has 9 heteroatoms. The van der Waals surface area contributed by atoms with Gasteiger partial charge in [-0.1, -0.05) is 58.3 Å². The van der Waals surface area contributed by atoms with Gasteiger partial charge in [0.15, 0.2) is 12.1 Å². The van der Waals surface area contributed by atoms with Crippen molar-refractivity contribution >= 4 is 11.5 Å². The molecule has 0 amide bonds. The first-order valence-corrected chi connectivity index (χ1v) is 12.6. The average Bonchev–Trinajstić information content (AvgIpc) is 3.35. The molecule has 33 heavy (non-hydrogen) atoms. The first-order valence-electron chi connectivity index (χ1n) is 12.6. The van der Waals surface area contributed by atoms with Gasteiger partial charge in [-0.15, -0.1) is 0 Å². The van der Waals surface area contributed by atoms with Crippen molar-refractivity contribution in [3.8, 4) is 0 Å². The number of amidine groups is 1. The van der Waals surface area contributed by atoms with E-state index in [9.17, 15) is 10.2 Å². The fraction of sp³-hybridized carbons (Fsp3) is 0.833. The van der Waals surface area contributed by atoms with Crippen molar-refractivity contribution in [2.24, 2.45) is 15.7 Å². The van der Waals surface area contributed by atoms with Gasteiger partial charge in [-0.05, 0) is 25.8 Å². The summed E-state index contributed by atoms with van der Waals surface area (Å²) >= 11 is 0. The van der Waals surface area contributed by atoms with Gasteiger partial charge in [-0.3, -0.25) is 4.99 Å². The monoisotopic (exact) mass is 465 g/mol. The summed E-state index contributed by atoms with van der Waals surface area (Å²) in [6, 6.07) is 0. The van der Waals surface area contributed by atoms with Crippen LogP contribution in [0.3, 0.4) is 0 Å². The van der Waals surface area contributed by atoms with Crippen LogP contribution in [0.5, 0.6) is 0 Å². The number of nitrogens with two attached hydrogens (primary N) is 1. The van der Waals surface area contributed by atoms with E-state index < -0.39 is 30.2 Å².